The van der Waals surface area contributed by atoms with Crippen molar-refractivity contribution >= 4 is 11.7 Å². The number of nitrogens with one attached hydrogen (secondary N) is 1. The molecule has 0 saturated heterocycles. The highest BCUT2D eigenvalue weighted by Gasteiger charge is 2.18. The molecule has 152 valence electrons. The zero-order valence-electron chi connectivity index (χ0n) is 17.3. The van der Waals surface area contributed by atoms with E-state index in [1.165, 1.54) is 0 Å². The van der Waals surface area contributed by atoms with Crippen molar-refractivity contribution in [3.8, 4) is 11.7 Å². The van der Waals surface area contributed by atoms with Crippen LogP contribution >= 0.6 is 0 Å². The Labute approximate surface area is 170 Å². The van der Waals surface area contributed by atoms with Crippen molar-refractivity contribution in [2.75, 3.05) is 18.9 Å². The topological polar surface area (TPSA) is 96.2 Å². The Morgan fingerprint density at radius 3 is 2.34 bits per heavy atom. The molecule has 0 radical (unpaired) electrons. The first-order valence-electron chi connectivity index (χ1n) is 9.41. The van der Waals surface area contributed by atoms with Gasteiger partial charge in [0.05, 0.1) is 12.2 Å². The van der Waals surface area contributed by atoms with E-state index in [4.69, 9.17) is 0 Å². The molecule has 3 rings (SSSR count). The van der Waals surface area contributed by atoms with E-state index in [0.29, 0.717) is 11.8 Å². The molecule has 0 aliphatic heterocycles. The zero-order chi connectivity index (χ0) is 21.1. The maximum Gasteiger partial charge on any atom is 0.252 e. The number of hydrogen-bond acceptors (Lipinski definition) is 6. The molecule has 0 aliphatic rings. The van der Waals surface area contributed by atoms with E-state index >= 15 is 0 Å². The van der Waals surface area contributed by atoms with E-state index < -0.39 is 0 Å². The van der Waals surface area contributed by atoms with Crippen LogP contribution in [-0.4, -0.2) is 49.3 Å². The van der Waals surface area contributed by atoms with Gasteiger partial charge in [-0.25, -0.2) is 9.97 Å². The van der Waals surface area contributed by atoms with Crippen LogP contribution in [0.2, 0.25) is 0 Å². The standard InChI is InChI=1S/C21H26N6O2/c1-13-10-14(2)23-21(22-13)27-19(11-15(3)25-27)24-20(29)12-26(5)16(4)17-6-8-18(28)9-7-17/h6-11,16,28H,12H2,1-5H3,(H,24,29)/t16-/m0/s1. The summed E-state index contributed by atoms with van der Waals surface area (Å²) in [4.78, 5) is 23.5. The van der Waals surface area contributed by atoms with Gasteiger partial charge < -0.3 is 10.4 Å². The number of anilines is 1. The number of carbonyl (C=O) groups excluding carboxylic acids is 1. The number of hydrogen-bond donors (Lipinski definition) is 2. The molecule has 0 fully saturated rings. The number of aromatic nitrogens is 4. The number of carbonyl (C=O) groups is 1. The fourth-order valence-electron chi connectivity index (χ4n) is 3.10. The molecule has 1 amide bonds. The Kier molecular flexibility index (Phi) is 5.93. The lowest BCUT2D eigenvalue weighted by Crippen LogP contribution is -2.32. The first-order chi connectivity index (χ1) is 13.7. The van der Waals surface area contributed by atoms with Crippen LogP contribution in [0.3, 0.4) is 0 Å². The molecule has 0 saturated carbocycles. The van der Waals surface area contributed by atoms with E-state index in [1.54, 1.807) is 22.9 Å². The Hall–Kier alpha value is -3.26. The zero-order valence-corrected chi connectivity index (χ0v) is 17.3. The van der Waals surface area contributed by atoms with Gasteiger partial charge in [-0.2, -0.15) is 9.78 Å². The first-order valence-corrected chi connectivity index (χ1v) is 9.41. The number of likely N-dealkylation sites (N-methyl/N-ethyl adjacent to an activating group) is 1. The molecule has 0 bridgehead atoms. The van der Waals surface area contributed by atoms with Crippen molar-refractivity contribution in [3.63, 3.8) is 0 Å². The van der Waals surface area contributed by atoms with Gasteiger partial charge in [-0.3, -0.25) is 9.69 Å². The molecule has 3 aromatic rings. The molecule has 1 atom stereocenters. The van der Waals surface area contributed by atoms with Crippen molar-refractivity contribution in [1.82, 2.24) is 24.6 Å². The average molecular weight is 394 g/mol. The maximum atomic E-state index is 12.7. The van der Waals surface area contributed by atoms with Crippen molar-refractivity contribution in [2.24, 2.45) is 0 Å². The van der Waals surface area contributed by atoms with Gasteiger partial charge in [-0.1, -0.05) is 12.1 Å². The van der Waals surface area contributed by atoms with Crippen LogP contribution in [0, 0.1) is 20.8 Å². The van der Waals surface area contributed by atoms with Crippen molar-refractivity contribution in [3.05, 3.63) is 59.0 Å². The minimum Gasteiger partial charge on any atom is -0.508 e. The minimum atomic E-state index is -0.163. The Bertz CT molecular complexity index is 992. The Morgan fingerprint density at radius 2 is 1.72 bits per heavy atom. The van der Waals surface area contributed by atoms with Crippen molar-refractivity contribution < 1.29 is 9.90 Å². The predicted molar refractivity (Wildman–Crippen MR) is 111 cm³/mol. The van der Waals surface area contributed by atoms with E-state index in [9.17, 15) is 9.90 Å². The second-order valence-electron chi connectivity index (χ2n) is 7.26. The molecule has 2 heterocycles. The summed E-state index contributed by atoms with van der Waals surface area (Å²) in [5.41, 5.74) is 3.44. The number of amides is 1. The van der Waals surface area contributed by atoms with Crippen molar-refractivity contribution in [1.29, 1.82) is 0 Å². The number of aromatic hydroxyl groups is 1. The van der Waals surface area contributed by atoms with Crippen LogP contribution in [-0.2, 0) is 4.79 Å². The largest absolute Gasteiger partial charge is 0.508 e. The summed E-state index contributed by atoms with van der Waals surface area (Å²) in [6.45, 7) is 7.85. The number of nitrogens with zero attached hydrogens (tertiary/aromatic N) is 5. The Balaban J connectivity index is 1.73. The van der Waals surface area contributed by atoms with Crippen LogP contribution in [0.15, 0.2) is 36.4 Å². The third-order valence-electron chi connectivity index (χ3n) is 4.69. The monoisotopic (exact) mass is 394 g/mol. The summed E-state index contributed by atoms with van der Waals surface area (Å²) in [6.07, 6.45) is 0. The molecular weight excluding hydrogens is 368 g/mol. The SMILES string of the molecule is Cc1cc(C)nc(-n2nc(C)cc2NC(=O)CN(C)[C@@H](C)c2ccc(O)cc2)n1. The van der Waals surface area contributed by atoms with Gasteiger partial charge in [-0.05, 0) is 58.5 Å². The summed E-state index contributed by atoms with van der Waals surface area (Å²) in [6, 6.07) is 10.7. The summed E-state index contributed by atoms with van der Waals surface area (Å²) in [5.74, 6) is 1.02. The summed E-state index contributed by atoms with van der Waals surface area (Å²) in [5, 5.41) is 16.8. The second kappa shape index (κ2) is 8.40. The molecule has 2 aromatic heterocycles. The fourth-order valence-corrected chi connectivity index (χ4v) is 3.10. The highest BCUT2D eigenvalue weighted by Crippen LogP contribution is 2.21. The highest BCUT2D eigenvalue weighted by molar-refractivity contribution is 5.91. The predicted octanol–water partition coefficient (Wildman–Crippen LogP) is 2.92. The molecule has 0 unspecified atom stereocenters. The third kappa shape index (κ3) is 4.97. The molecule has 0 spiro atoms. The summed E-state index contributed by atoms with van der Waals surface area (Å²) in [7, 11) is 1.88. The first kappa shape index (κ1) is 20.5. The maximum absolute atomic E-state index is 12.7. The number of rotatable bonds is 6. The van der Waals surface area contributed by atoms with Crippen molar-refractivity contribution in [2.45, 2.75) is 33.7 Å². The van der Waals surface area contributed by atoms with Gasteiger partial charge in [0.25, 0.3) is 5.95 Å². The number of phenolic OH excluding ortho intramolecular Hbond substituents is 1. The van der Waals surface area contributed by atoms with Crippen LogP contribution in [0.5, 0.6) is 5.75 Å². The quantitative estimate of drug-likeness (QED) is 0.667. The van der Waals surface area contributed by atoms with Gasteiger partial charge in [-0.15, -0.1) is 0 Å². The summed E-state index contributed by atoms with van der Waals surface area (Å²) >= 11 is 0. The smallest absolute Gasteiger partial charge is 0.252 e. The van der Waals surface area contributed by atoms with E-state index in [-0.39, 0.29) is 24.2 Å². The van der Waals surface area contributed by atoms with Gasteiger partial charge in [0.2, 0.25) is 5.91 Å². The minimum absolute atomic E-state index is 0.00996. The van der Waals surface area contributed by atoms with Crippen LogP contribution in [0.25, 0.3) is 5.95 Å². The molecule has 2 N–H and O–H groups in total. The molecule has 1 aromatic carbocycles. The number of aryl methyl sites for hydroxylation is 3. The fraction of sp³-hybridized carbons (Fsp3) is 0.333. The average Bonchev–Trinajstić information content (AvgIpc) is 3.01. The molecule has 0 aliphatic carbocycles. The lowest BCUT2D eigenvalue weighted by molar-refractivity contribution is -0.117. The molecule has 29 heavy (non-hydrogen) atoms. The van der Waals surface area contributed by atoms with Gasteiger partial charge in [0.15, 0.2) is 0 Å². The van der Waals surface area contributed by atoms with Crippen LogP contribution < -0.4 is 5.32 Å². The third-order valence-corrected chi connectivity index (χ3v) is 4.69. The van der Waals surface area contributed by atoms with Crippen LogP contribution in [0.4, 0.5) is 5.82 Å². The highest BCUT2D eigenvalue weighted by atomic mass is 16.3. The Morgan fingerprint density at radius 1 is 1.10 bits per heavy atom. The lowest BCUT2D eigenvalue weighted by atomic mass is 10.1. The van der Waals surface area contributed by atoms with Gasteiger partial charge in [0, 0.05) is 23.5 Å². The van der Waals surface area contributed by atoms with E-state index in [1.807, 2.05) is 57.8 Å². The van der Waals surface area contributed by atoms with Crippen LogP contribution in [0.1, 0.15) is 35.6 Å². The molecular formula is C21H26N6O2. The molecule has 8 nitrogen and oxygen atoms in total. The summed E-state index contributed by atoms with van der Waals surface area (Å²) < 4.78 is 1.55. The second-order valence-corrected chi connectivity index (χ2v) is 7.26. The number of benzene rings is 1. The molecule has 8 heteroatoms. The van der Waals surface area contributed by atoms with Gasteiger partial charge in [0.1, 0.15) is 11.6 Å². The van der Waals surface area contributed by atoms with E-state index in [0.717, 1.165) is 22.6 Å². The number of phenols is 1. The normalized spacial score (nSPS) is 12.2. The lowest BCUT2D eigenvalue weighted by Gasteiger charge is -2.24. The van der Waals surface area contributed by atoms with Gasteiger partial charge >= 0.3 is 0 Å². The van der Waals surface area contributed by atoms with E-state index in [2.05, 4.69) is 20.4 Å².